The third-order valence-electron chi connectivity index (χ3n) is 3.65. The summed E-state index contributed by atoms with van der Waals surface area (Å²) < 4.78 is 5.16. The Morgan fingerprint density at radius 3 is 2.64 bits per heavy atom. The van der Waals surface area contributed by atoms with Crippen LogP contribution in [0, 0.1) is 13.8 Å². The molecule has 0 unspecified atom stereocenters. The van der Waals surface area contributed by atoms with Crippen LogP contribution in [0.3, 0.4) is 0 Å². The molecule has 138 valence electrons. The van der Waals surface area contributed by atoms with Crippen molar-refractivity contribution in [1.82, 2.24) is 15.6 Å². The molecule has 25 heavy (non-hydrogen) atoms. The molecule has 8 heteroatoms. The summed E-state index contributed by atoms with van der Waals surface area (Å²) in [5.41, 5.74) is 2.17. The summed E-state index contributed by atoms with van der Waals surface area (Å²) in [4.78, 5) is 10.0. The highest BCUT2D eigenvalue weighted by molar-refractivity contribution is 14.0. The van der Waals surface area contributed by atoms with Gasteiger partial charge in [-0.25, -0.2) is 4.98 Å². The summed E-state index contributed by atoms with van der Waals surface area (Å²) in [7, 11) is 3.39. The SMILES string of the molecule is CN=C(NCCc1ccc(OC)cc1Cl)NCc1nc(C)c(C)s1.I. The molecule has 0 atom stereocenters. The highest BCUT2D eigenvalue weighted by Gasteiger charge is 2.06. The van der Waals surface area contributed by atoms with Crippen LogP contribution >= 0.6 is 46.9 Å². The smallest absolute Gasteiger partial charge is 0.191 e. The summed E-state index contributed by atoms with van der Waals surface area (Å²) in [6.45, 7) is 5.52. The van der Waals surface area contributed by atoms with Gasteiger partial charge in [0.05, 0.1) is 19.3 Å². The van der Waals surface area contributed by atoms with E-state index in [-0.39, 0.29) is 24.0 Å². The molecule has 2 aromatic rings. The topological polar surface area (TPSA) is 58.5 Å². The fourth-order valence-corrected chi connectivity index (χ4v) is 3.31. The lowest BCUT2D eigenvalue weighted by molar-refractivity contribution is 0.414. The fourth-order valence-electron chi connectivity index (χ4n) is 2.17. The van der Waals surface area contributed by atoms with E-state index >= 15 is 0 Å². The molecule has 0 aliphatic rings. The molecular formula is C17H24ClIN4OS. The van der Waals surface area contributed by atoms with Crippen LogP contribution in [0.4, 0.5) is 0 Å². The monoisotopic (exact) mass is 494 g/mol. The largest absolute Gasteiger partial charge is 0.497 e. The third-order valence-corrected chi connectivity index (χ3v) is 5.08. The number of thiazole rings is 1. The lowest BCUT2D eigenvalue weighted by atomic mass is 10.1. The average molecular weight is 495 g/mol. The first-order valence-corrected chi connectivity index (χ1v) is 8.92. The Morgan fingerprint density at radius 1 is 1.32 bits per heavy atom. The van der Waals surface area contributed by atoms with E-state index in [1.807, 2.05) is 25.1 Å². The van der Waals surface area contributed by atoms with Gasteiger partial charge in [0.15, 0.2) is 5.96 Å². The number of nitrogens with zero attached hydrogens (tertiary/aromatic N) is 2. The first-order chi connectivity index (χ1) is 11.5. The minimum atomic E-state index is 0. The first-order valence-electron chi connectivity index (χ1n) is 7.73. The maximum absolute atomic E-state index is 6.26. The summed E-state index contributed by atoms with van der Waals surface area (Å²) >= 11 is 7.96. The zero-order valence-electron chi connectivity index (χ0n) is 14.9. The summed E-state index contributed by atoms with van der Waals surface area (Å²) in [5, 5.41) is 8.35. The number of nitrogens with one attached hydrogen (secondary N) is 2. The lowest BCUT2D eigenvalue weighted by Crippen LogP contribution is -2.37. The second kappa shape index (κ2) is 10.8. The highest BCUT2D eigenvalue weighted by Crippen LogP contribution is 2.22. The van der Waals surface area contributed by atoms with Gasteiger partial charge < -0.3 is 15.4 Å². The Bertz CT molecular complexity index is 701. The quantitative estimate of drug-likeness (QED) is 0.363. The Morgan fingerprint density at radius 2 is 2.08 bits per heavy atom. The molecule has 0 aliphatic carbocycles. The van der Waals surface area contributed by atoms with Crippen molar-refractivity contribution in [2.45, 2.75) is 26.8 Å². The van der Waals surface area contributed by atoms with Gasteiger partial charge in [-0.15, -0.1) is 35.3 Å². The standard InChI is InChI=1S/C17H23ClN4OS.HI/c1-11-12(2)24-16(22-11)10-21-17(19-3)20-8-7-13-5-6-14(23-4)9-15(13)18;/h5-6,9H,7-8,10H2,1-4H3,(H2,19,20,21);1H. The van der Waals surface area contributed by atoms with Gasteiger partial charge >= 0.3 is 0 Å². The summed E-state index contributed by atoms with van der Waals surface area (Å²) in [6, 6.07) is 5.73. The van der Waals surface area contributed by atoms with Crippen molar-refractivity contribution >= 4 is 52.9 Å². The number of aromatic nitrogens is 1. The normalized spacial score (nSPS) is 11.0. The van der Waals surface area contributed by atoms with Crippen LogP contribution in [0.5, 0.6) is 5.75 Å². The number of benzene rings is 1. The van der Waals surface area contributed by atoms with Crippen molar-refractivity contribution in [3.05, 3.63) is 44.4 Å². The highest BCUT2D eigenvalue weighted by atomic mass is 127. The molecule has 1 aromatic heterocycles. The molecule has 0 radical (unpaired) electrons. The van der Waals surface area contributed by atoms with E-state index in [0.717, 1.165) is 40.9 Å². The number of rotatable bonds is 6. The van der Waals surface area contributed by atoms with Crippen LogP contribution in [0.15, 0.2) is 23.2 Å². The number of halogens is 2. The van der Waals surface area contributed by atoms with Crippen molar-refractivity contribution in [2.24, 2.45) is 4.99 Å². The minimum absolute atomic E-state index is 0. The van der Waals surface area contributed by atoms with Gasteiger partial charge in [0.25, 0.3) is 0 Å². The maximum atomic E-state index is 6.26. The number of methoxy groups -OCH3 is 1. The van der Waals surface area contributed by atoms with Gasteiger partial charge in [-0.1, -0.05) is 17.7 Å². The minimum Gasteiger partial charge on any atom is -0.497 e. The second-order valence-electron chi connectivity index (χ2n) is 5.31. The van der Waals surface area contributed by atoms with Crippen LogP contribution in [0.25, 0.3) is 0 Å². The number of hydrogen-bond acceptors (Lipinski definition) is 4. The van der Waals surface area contributed by atoms with E-state index in [2.05, 4.69) is 27.5 Å². The van der Waals surface area contributed by atoms with Crippen LogP contribution in [0.2, 0.25) is 5.02 Å². The zero-order valence-corrected chi connectivity index (χ0v) is 18.8. The van der Waals surface area contributed by atoms with E-state index in [0.29, 0.717) is 11.6 Å². The first kappa shape index (κ1) is 22.0. The Kier molecular flexibility index (Phi) is 9.52. The number of ether oxygens (including phenoxy) is 1. The van der Waals surface area contributed by atoms with Crippen LogP contribution in [0.1, 0.15) is 21.1 Å². The predicted octanol–water partition coefficient (Wildman–Crippen LogP) is 3.95. The predicted molar refractivity (Wildman–Crippen MR) is 117 cm³/mol. The van der Waals surface area contributed by atoms with Crippen molar-refractivity contribution in [2.75, 3.05) is 20.7 Å². The Hall–Kier alpha value is -1.06. The molecule has 0 saturated heterocycles. The van der Waals surface area contributed by atoms with E-state index in [1.165, 1.54) is 4.88 Å². The maximum Gasteiger partial charge on any atom is 0.191 e. The van der Waals surface area contributed by atoms with Crippen molar-refractivity contribution in [1.29, 1.82) is 0 Å². The molecule has 2 N–H and O–H groups in total. The molecule has 5 nitrogen and oxygen atoms in total. The molecule has 1 aromatic carbocycles. The fraction of sp³-hybridized carbons (Fsp3) is 0.412. The molecule has 0 spiro atoms. The Labute approximate surface area is 175 Å². The third kappa shape index (κ3) is 6.63. The van der Waals surface area contributed by atoms with Crippen LogP contribution in [-0.4, -0.2) is 31.6 Å². The Balaban J connectivity index is 0.00000312. The molecule has 1 heterocycles. The van der Waals surface area contributed by atoms with Gasteiger partial charge in [0.1, 0.15) is 10.8 Å². The van der Waals surface area contributed by atoms with Crippen molar-refractivity contribution in [3.63, 3.8) is 0 Å². The lowest BCUT2D eigenvalue weighted by Gasteiger charge is -2.12. The van der Waals surface area contributed by atoms with Gasteiger partial charge in [0.2, 0.25) is 0 Å². The molecule has 0 amide bonds. The van der Waals surface area contributed by atoms with E-state index in [9.17, 15) is 0 Å². The number of aryl methyl sites for hydroxylation is 2. The molecule has 0 aliphatic heterocycles. The molecule has 0 bridgehead atoms. The average Bonchev–Trinajstić information content (AvgIpc) is 2.90. The van der Waals surface area contributed by atoms with Gasteiger partial charge in [-0.05, 0) is 38.0 Å². The second-order valence-corrected chi connectivity index (χ2v) is 7.00. The van der Waals surface area contributed by atoms with Gasteiger partial charge in [0, 0.05) is 23.5 Å². The molecule has 0 saturated carbocycles. The van der Waals surface area contributed by atoms with Gasteiger partial charge in [-0.3, -0.25) is 4.99 Å². The molecular weight excluding hydrogens is 471 g/mol. The number of hydrogen-bond donors (Lipinski definition) is 2. The summed E-state index contributed by atoms with van der Waals surface area (Å²) in [6.07, 6.45) is 0.805. The summed E-state index contributed by atoms with van der Waals surface area (Å²) in [5.74, 6) is 1.52. The van der Waals surface area contributed by atoms with E-state index in [1.54, 1.807) is 25.5 Å². The van der Waals surface area contributed by atoms with Gasteiger partial charge in [-0.2, -0.15) is 0 Å². The molecule has 2 rings (SSSR count). The van der Waals surface area contributed by atoms with Crippen molar-refractivity contribution < 1.29 is 4.74 Å². The van der Waals surface area contributed by atoms with E-state index < -0.39 is 0 Å². The number of aliphatic imine (C=N–C) groups is 1. The van der Waals surface area contributed by atoms with Crippen molar-refractivity contribution in [3.8, 4) is 5.75 Å². The number of guanidine groups is 1. The van der Waals surface area contributed by atoms with E-state index in [4.69, 9.17) is 16.3 Å². The van der Waals surface area contributed by atoms with Crippen LogP contribution in [-0.2, 0) is 13.0 Å². The van der Waals surface area contributed by atoms with Crippen LogP contribution < -0.4 is 15.4 Å². The zero-order chi connectivity index (χ0) is 17.5. The molecule has 0 fully saturated rings.